The lowest BCUT2D eigenvalue weighted by molar-refractivity contribution is -0.119. The normalized spacial score (nSPS) is 11.0. The van der Waals surface area contributed by atoms with Gasteiger partial charge in [0.1, 0.15) is 6.54 Å². The molecule has 0 radical (unpaired) electrons. The molecule has 132 valence electrons. The first kappa shape index (κ1) is 19.3. The first-order valence-corrected chi connectivity index (χ1v) is 9.45. The molecule has 0 fully saturated rings. The number of nitrogens with zero attached hydrogens (tertiary/aromatic N) is 1. The van der Waals surface area contributed by atoms with Crippen molar-refractivity contribution in [1.29, 1.82) is 0 Å². The first-order chi connectivity index (χ1) is 11.8. The van der Waals surface area contributed by atoms with Crippen LogP contribution in [0, 0.1) is 0 Å². The topological polar surface area (TPSA) is 66.5 Å². The Hall–Kier alpha value is -2.02. The highest BCUT2D eigenvalue weighted by atomic mass is 35.5. The fourth-order valence-electron chi connectivity index (χ4n) is 2.09. The van der Waals surface area contributed by atoms with Crippen LogP contribution in [0.5, 0.6) is 0 Å². The van der Waals surface area contributed by atoms with Gasteiger partial charge < -0.3 is 5.32 Å². The summed E-state index contributed by atoms with van der Waals surface area (Å²) in [6.07, 6.45) is 1.50. The number of carbonyl (C=O) groups excluding carboxylic acids is 1. The quantitative estimate of drug-likeness (QED) is 0.725. The molecule has 0 aliphatic rings. The van der Waals surface area contributed by atoms with Crippen LogP contribution < -0.4 is 9.62 Å². The van der Waals surface area contributed by atoms with Crippen LogP contribution >= 0.6 is 23.2 Å². The molecule has 0 atom stereocenters. The van der Waals surface area contributed by atoms with Crippen LogP contribution in [0.1, 0.15) is 0 Å². The number of halogens is 2. The molecule has 8 heteroatoms. The number of carbonyl (C=O) groups is 1. The molecule has 2 rings (SSSR count). The Balaban J connectivity index is 2.48. The van der Waals surface area contributed by atoms with Gasteiger partial charge in [0, 0.05) is 16.6 Å². The molecule has 0 unspecified atom stereocenters. The maximum absolute atomic E-state index is 13.0. The van der Waals surface area contributed by atoms with E-state index in [1.807, 2.05) is 0 Å². The van der Waals surface area contributed by atoms with E-state index >= 15 is 0 Å². The summed E-state index contributed by atoms with van der Waals surface area (Å²) in [6, 6.07) is 12.2. The highest BCUT2D eigenvalue weighted by Gasteiger charge is 2.27. The van der Waals surface area contributed by atoms with Gasteiger partial charge in [0.15, 0.2) is 0 Å². The Kier molecular flexibility index (Phi) is 6.47. The fourth-order valence-corrected chi connectivity index (χ4v) is 4.03. The Bertz CT molecular complexity index is 850. The molecule has 0 bridgehead atoms. The van der Waals surface area contributed by atoms with Gasteiger partial charge >= 0.3 is 0 Å². The van der Waals surface area contributed by atoms with Crippen LogP contribution in [-0.2, 0) is 14.8 Å². The highest BCUT2D eigenvalue weighted by Crippen LogP contribution is 2.29. The molecule has 0 aliphatic carbocycles. The molecular weight excluding hydrogens is 383 g/mol. The Morgan fingerprint density at radius 2 is 1.72 bits per heavy atom. The molecule has 1 amide bonds. The van der Waals surface area contributed by atoms with E-state index in [1.54, 1.807) is 18.2 Å². The Morgan fingerprint density at radius 1 is 1.12 bits per heavy atom. The van der Waals surface area contributed by atoms with Gasteiger partial charge in [-0.05, 0) is 30.3 Å². The number of nitrogens with one attached hydrogen (secondary N) is 1. The first-order valence-electron chi connectivity index (χ1n) is 7.26. The molecule has 0 saturated heterocycles. The van der Waals surface area contributed by atoms with Crippen molar-refractivity contribution in [2.75, 3.05) is 17.4 Å². The van der Waals surface area contributed by atoms with E-state index in [4.69, 9.17) is 23.2 Å². The SMILES string of the molecule is C=CCNC(=O)CN(c1cc(Cl)cc(Cl)c1)S(=O)(=O)c1ccccc1. The predicted molar refractivity (Wildman–Crippen MR) is 101 cm³/mol. The van der Waals surface area contributed by atoms with E-state index in [0.29, 0.717) is 0 Å². The molecule has 1 N–H and O–H groups in total. The number of sulfonamides is 1. The van der Waals surface area contributed by atoms with E-state index in [-0.39, 0.29) is 27.2 Å². The van der Waals surface area contributed by atoms with E-state index in [1.165, 1.54) is 36.4 Å². The van der Waals surface area contributed by atoms with Crippen LogP contribution in [-0.4, -0.2) is 27.4 Å². The monoisotopic (exact) mass is 398 g/mol. The maximum atomic E-state index is 13.0. The molecule has 5 nitrogen and oxygen atoms in total. The van der Waals surface area contributed by atoms with E-state index in [9.17, 15) is 13.2 Å². The van der Waals surface area contributed by atoms with Gasteiger partial charge in [-0.2, -0.15) is 0 Å². The molecule has 25 heavy (non-hydrogen) atoms. The summed E-state index contributed by atoms with van der Waals surface area (Å²) < 4.78 is 27.0. The average molecular weight is 399 g/mol. The molecule has 0 aliphatic heterocycles. The average Bonchev–Trinajstić information content (AvgIpc) is 2.57. The van der Waals surface area contributed by atoms with Gasteiger partial charge in [-0.1, -0.05) is 47.5 Å². The summed E-state index contributed by atoms with van der Waals surface area (Å²) in [6.45, 7) is 3.32. The Morgan fingerprint density at radius 3 is 2.28 bits per heavy atom. The van der Waals surface area contributed by atoms with Crippen molar-refractivity contribution >= 4 is 44.8 Å². The predicted octanol–water partition coefficient (Wildman–Crippen LogP) is 3.49. The third-order valence-electron chi connectivity index (χ3n) is 3.20. The second-order valence-electron chi connectivity index (χ2n) is 5.05. The van der Waals surface area contributed by atoms with Crippen molar-refractivity contribution in [1.82, 2.24) is 5.32 Å². The summed E-state index contributed by atoms with van der Waals surface area (Å²) in [7, 11) is -3.98. The fraction of sp³-hybridized carbons (Fsp3) is 0.118. The summed E-state index contributed by atoms with van der Waals surface area (Å²) in [5.74, 6) is -0.476. The second kappa shape index (κ2) is 8.38. The highest BCUT2D eigenvalue weighted by molar-refractivity contribution is 7.92. The van der Waals surface area contributed by atoms with Crippen LogP contribution in [0.4, 0.5) is 5.69 Å². The van der Waals surface area contributed by atoms with E-state index in [0.717, 1.165) is 4.31 Å². The van der Waals surface area contributed by atoms with Gasteiger partial charge in [0.25, 0.3) is 10.0 Å². The van der Waals surface area contributed by atoms with Crippen molar-refractivity contribution in [3.05, 3.63) is 71.2 Å². The zero-order valence-corrected chi connectivity index (χ0v) is 15.5. The summed E-state index contributed by atoms with van der Waals surface area (Å²) in [5.41, 5.74) is 0.204. The lowest BCUT2D eigenvalue weighted by atomic mass is 10.3. The lowest BCUT2D eigenvalue weighted by Crippen LogP contribution is -2.41. The molecule has 2 aromatic rings. The lowest BCUT2D eigenvalue weighted by Gasteiger charge is -2.24. The number of hydrogen-bond donors (Lipinski definition) is 1. The molecule has 0 spiro atoms. The molecule has 0 saturated carbocycles. The standard InChI is InChI=1S/C17H16Cl2N2O3S/c1-2-8-20-17(22)12-21(15-10-13(18)9-14(19)11-15)25(23,24)16-6-4-3-5-7-16/h2-7,9-11H,1,8,12H2,(H,20,22). The zero-order valence-electron chi connectivity index (χ0n) is 13.2. The Labute approximate surface area is 156 Å². The van der Waals surface area contributed by atoms with Crippen molar-refractivity contribution in [2.45, 2.75) is 4.90 Å². The van der Waals surface area contributed by atoms with Crippen LogP contribution in [0.15, 0.2) is 66.1 Å². The number of rotatable bonds is 7. The smallest absolute Gasteiger partial charge is 0.264 e. The minimum atomic E-state index is -3.98. The van der Waals surface area contributed by atoms with Crippen LogP contribution in [0.2, 0.25) is 10.0 Å². The number of anilines is 1. The molecule has 0 heterocycles. The van der Waals surface area contributed by atoms with Crippen LogP contribution in [0.25, 0.3) is 0 Å². The minimum absolute atomic E-state index is 0.0580. The van der Waals surface area contributed by atoms with Gasteiger partial charge in [-0.15, -0.1) is 6.58 Å². The zero-order chi connectivity index (χ0) is 18.4. The summed E-state index contributed by atoms with van der Waals surface area (Å²) >= 11 is 12.0. The van der Waals surface area contributed by atoms with Crippen molar-refractivity contribution in [2.24, 2.45) is 0 Å². The van der Waals surface area contributed by atoms with Gasteiger partial charge in [-0.25, -0.2) is 8.42 Å². The van der Waals surface area contributed by atoms with Crippen molar-refractivity contribution in [3.63, 3.8) is 0 Å². The van der Waals surface area contributed by atoms with Crippen LogP contribution in [0.3, 0.4) is 0 Å². The van der Waals surface area contributed by atoms with Crippen molar-refractivity contribution < 1.29 is 13.2 Å². The third kappa shape index (κ3) is 4.98. The summed E-state index contributed by atoms with van der Waals surface area (Å²) in [5, 5.41) is 3.09. The third-order valence-corrected chi connectivity index (χ3v) is 5.42. The van der Waals surface area contributed by atoms with Gasteiger partial charge in [0.05, 0.1) is 10.6 Å². The number of benzene rings is 2. The van der Waals surface area contributed by atoms with Gasteiger partial charge in [0.2, 0.25) is 5.91 Å². The maximum Gasteiger partial charge on any atom is 0.264 e. The van der Waals surface area contributed by atoms with E-state index < -0.39 is 22.5 Å². The molecule has 0 aromatic heterocycles. The van der Waals surface area contributed by atoms with Gasteiger partial charge in [-0.3, -0.25) is 9.10 Å². The largest absolute Gasteiger partial charge is 0.351 e. The van der Waals surface area contributed by atoms with E-state index in [2.05, 4.69) is 11.9 Å². The number of hydrogen-bond acceptors (Lipinski definition) is 3. The minimum Gasteiger partial charge on any atom is -0.351 e. The summed E-state index contributed by atoms with van der Waals surface area (Å²) in [4.78, 5) is 12.2. The van der Waals surface area contributed by atoms with Crippen molar-refractivity contribution in [3.8, 4) is 0 Å². The molecule has 2 aromatic carbocycles. The molecular formula is C17H16Cl2N2O3S. The second-order valence-corrected chi connectivity index (χ2v) is 7.78. The number of amides is 1.